The molecule has 212 valence electrons. The Balaban J connectivity index is 1.76. The molecule has 10 nitrogen and oxygen atoms in total. The van der Waals surface area contributed by atoms with Gasteiger partial charge in [-0.25, -0.2) is 13.4 Å². The first kappa shape index (κ1) is 29.3. The average Bonchev–Trinajstić information content (AvgIpc) is 3.32. The van der Waals surface area contributed by atoms with E-state index >= 15 is 0 Å². The fraction of sp³-hybridized carbons (Fsp3) is 0.519. The van der Waals surface area contributed by atoms with E-state index in [2.05, 4.69) is 33.1 Å². The molecular formula is C27H37ClN6O4S. The summed E-state index contributed by atoms with van der Waals surface area (Å²) in [5.74, 6) is 2.14. The van der Waals surface area contributed by atoms with Gasteiger partial charge in [0.15, 0.2) is 5.82 Å². The largest absolute Gasteiger partial charge is 0.419 e. The molecule has 1 saturated carbocycles. The highest BCUT2D eigenvalue weighted by Crippen LogP contribution is 2.41. The molecule has 1 aliphatic carbocycles. The number of aryl methyl sites for hydroxylation is 1. The number of hydrogen-bond acceptors (Lipinski definition) is 9. The average molecular weight is 577 g/mol. The van der Waals surface area contributed by atoms with E-state index in [1.54, 1.807) is 13.2 Å². The van der Waals surface area contributed by atoms with Crippen LogP contribution in [0.1, 0.15) is 37.3 Å². The van der Waals surface area contributed by atoms with Crippen molar-refractivity contribution >= 4 is 33.3 Å². The number of nitrogens with two attached hydrogens (primary N) is 1. The second-order valence-corrected chi connectivity index (χ2v) is 13.2. The molecule has 0 spiro atoms. The SMILES string of the molecule is COCCN(CC1CC1C)c1cc(-c2nnc(C(C)(N)Cc3cccc(C)c3)o2)c(Cl)c(N(C)S(C)(=O)=O)n1. The summed E-state index contributed by atoms with van der Waals surface area (Å²) in [5.41, 5.74) is 8.25. The molecule has 0 saturated heterocycles. The van der Waals surface area contributed by atoms with Gasteiger partial charge in [-0.05, 0) is 50.2 Å². The lowest BCUT2D eigenvalue weighted by atomic mass is 9.93. The second-order valence-electron chi connectivity index (χ2n) is 10.8. The van der Waals surface area contributed by atoms with Crippen molar-refractivity contribution in [3.05, 3.63) is 52.4 Å². The number of ether oxygens (including phenoxy) is 1. The molecule has 2 aromatic heterocycles. The van der Waals surface area contributed by atoms with Crippen LogP contribution < -0.4 is 14.9 Å². The smallest absolute Gasteiger partial charge is 0.249 e. The summed E-state index contributed by atoms with van der Waals surface area (Å²) in [6, 6.07) is 9.84. The third-order valence-corrected chi connectivity index (χ3v) is 8.68. The molecule has 1 fully saturated rings. The first-order valence-corrected chi connectivity index (χ1v) is 15.1. The number of anilines is 2. The molecule has 4 rings (SSSR count). The standard InChI is InChI=1S/C27H37ClN6O4S/c1-17-8-7-9-19(12-17)15-27(3,29)26-32-31-25(38-26)21-14-22(30-24(23(21)28)33(4)39(6,35)36)34(10-11-37-5)16-20-13-18(20)2/h7-9,12,14,18,20H,10-11,13,15-16,29H2,1-6H3. The Hall–Kier alpha value is -2.73. The van der Waals surface area contributed by atoms with Crippen molar-refractivity contribution in [1.29, 1.82) is 0 Å². The Bertz CT molecular complexity index is 1430. The van der Waals surface area contributed by atoms with Crippen LogP contribution in [0.4, 0.5) is 11.6 Å². The van der Waals surface area contributed by atoms with E-state index in [-0.39, 0.29) is 22.6 Å². The van der Waals surface area contributed by atoms with Crippen LogP contribution in [-0.2, 0) is 26.7 Å². The van der Waals surface area contributed by atoms with Crippen molar-refractivity contribution in [2.75, 3.05) is 49.3 Å². The Morgan fingerprint density at radius 2 is 2.00 bits per heavy atom. The Labute approximate surface area is 235 Å². The van der Waals surface area contributed by atoms with Gasteiger partial charge in [-0.3, -0.25) is 4.31 Å². The van der Waals surface area contributed by atoms with Crippen LogP contribution in [-0.4, -0.2) is 63.7 Å². The third kappa shape index (κ3) is 6.89. The van der Waals surface area contributed by atoms with Crippen molar-refractivity contribution in [2.24, 2.45) is 17.6 Å². The van der Waals surface area contributed by atoms with Gasteiger partial charge in [0.25, 0.3) is 0 Å². The van der Waals surface area contributed by atoms with E-state index in [0.29, 0.717) is 42.8 Å². The number of benzene rings is 1. The molecule has 0 aliphatic heterocycles. The van der Waals surface area contributed by atoms with E-state index in [9.17, 15) is 8.42 Å². The maximum atomic E-state index is 12.5. The predicted molar refractivity (Wildman–Crippen MR) is 154 cm³/mol. The summed E-state index contributed by atoms with van der Waals surface area (Å²) in [7, 11) is -0.601. The molecule has 39 heavy (non-hydrogen) atoms. The molecule has 0 radical (unpaired) electrons. The van der Waals surface area contributed by atoms with Gasteiger partial charge in [-0.15, -0.1) is 10.2 Å². The number of halogens is 1. The molecule has 3 atom stereocenters. The van der Waals surface area contributed by atoms with Crippen molar-refractivity contribution in [1.82, 2.24) is 15.2 Å². The van der Waals surface area contributed by atoms with Crippen LogP contribution in [0.5, 0.6) is 0 Å². The molecule has 3 aromatic rings. The normalized spacial score (nSPS) is 18.6. The number of aromatic nitrogens is 3. The van der Waals surface area contributed by atoms with Crippen molar-refractivity contribution < 1.29 is 17.6 Å². The van der Waals surface area contributed by atoms with E-state index in [1.165, 1.54) is 7.05 Å². The maximum Gasteiger partial charge on any atom is 0.249 e. The molecule has 2 N–H and O–H groups in total. The molecule has 1 aliphatic rings. The van der Waals surface area contributed by atoms with E-state index in [4.69, 9.17) is 26.5 Å². The van der Waals surface area contributed by atoms with Gasteiger partial charge < -0.3 is 19.8 Å². The van der Waals surface area contributed by atoms with Crippen molar-refractivity contribution in [3.8, 4) is 11.5 Å². The fourth-order valence-corrected chi connectivity index (χ4v) is 5.31. The van der Waals surface area contributed by atoms with Gasteiger partial charge in [0, 0.05) is 27.2 Å². The highest BCUT2D eigenvalue weighted by molar-refractivity contribution is 7.92. The van der Waals surface area contributed by atoms with Gasteiger partial charge in [0.05, 0.1) is 29.0 Å². The quantitative estimate of drug-likeness (QED) is 0.340. The first-order chi connectivity index (χ1) is 18.3. The zero-order chi connectivity index (χ0) is 28.5. The molecular weight excluding hydrogens is 540 g/mol. The molecule has 3 unspecified atom stereocenters. The number of pyridine rings is 1. The summed E-state index contributed by atoms with van der Waals surface area (Å²) >= 11 is 6.77. The molecule has 2 heterocycles. The summed E-state index contributed by atoms with van der Waals surface area (Å²) in [6.07, 6.45) is 2.71. The molecule has 0 bridgehead atoms. The number of sulfonamides is 1. The Kier molecular flexibility index (Phi) is 8.55. The summed E-state index contributed by atoms with van der Waals surface area (Å²) in [4.78, 5) is 6.76. The summed E-state index contributed by atoms with van der Waals surface area (Å²) < 4.78 is 37.4. The minimum absolute atomic E-state index is 0.0768. The van der Waals surface area contributed by atoms with Gasteiger partial charge in [-0.2, -0.15) is 0 Å². The van der Waals surface area contributed by atoms with Gasteiger partial charge in [0.2, 0.25) is 21.8 Å². The monoisotopic (exact) mass is 576 g/mol. The number of nitrogens with zero attached hydrogens (tertiary/aromatic N) is 5. The number of rotatable bonds is 12. The fourth-order valence-electron chi connectivity index (χ4n) is 4.51. The number of hydrogen-bond donors (Lipinski definition) is 1. The molecule has 0 amide bonds. The second kappa shape index (κ2) is 11.4. The predicted octanol–water partition coefficient (Wildman–Crippen LogP) is 4.01. The lowest BCUT2D eigenvalue weighted by Crippen LogP contribution is -2.36. The van der Waals surface area contributed by atoms with Crippen LogP contribution in [0.15, 0.2) is 34.7 Å². The van der Waals surface area contributed by atoms with Crippen LogP contribution in [0.2, 0.25) is 5.02 Å². The Morgan fingerprint density at radius 3 is 2.62 bits per heavy atom. The lowest BCUT2D eigenvalue weighted by molar-refractivity contribution is 0.204. The van der Waals surface area contributed by atoms with E-state index in [0.717, 1.165) is 34.7 Å². The van der Waals surface area contributed by atoms with Gasteiger partial charge >= 0.3 is 0 Å². The number of methoxy groups -OCH3 is 1. The lowest BCUT2D eigenvalue weighted by Gasteiger charge is -2.26. The topological polar surface area (TPSA) is 128 Å². The summed E-state index contributed by atoms with van der Waals surface area (Å²) in [6.45, 7) is 7.88. The maximum absolute atomic E-state index is 12.5. The van der Waals surface area contributed by atoms with Crippen LogP contribution in [0, 0.1) is 18.8 Å². The highest BCUT2D eigenvalue weighted by atomic mass is 35.5. The summed E-state index contributed by atoms with van der Waals surface area (Å²) in [5, 5.41) is 8.61. The van der Waals surface area contributed by atoms with Gasteiger partial charge in [0.1, 0.15) is 5.82 Å². The molecule has 12 heteroatoms. The van der Waals surface area contributed by atoms with Crippen molar-refractivity contribution in [2.45, 2.75) is 39.2 Å². The van der Waals surface area contributed by atoms with Crippen molar-refractivity contribution in [3.63, 3.8) is 0 Å². The first-order valence-electron chi connectivity index (χ1n) is 12.9. The van der Waals surface area contributed by atoms with Gasteiger partial charge in [-0.1, -0.05) is 48.4 Å². The Morgan fingerprint density at radius 1 is 1.28 bits per heavy atom. The van der Waals surface area contributed by atoms with Crippen LogP contribution >= 0.6 is 11.6 Å². The third-order valence-electron chi connectivity index (χ3n) is 7.14. The zero-order valence-corrected chi connectivity index (χ0v) is 24.9. The van der Waals surface area contributed by atoms with Crippen LogP contribution in [0.3, 0.4) is 0 Å². The zero-order valence-electron chi connectivity index (χ0n) is 23.3. The molecule has 1 aromatic carbocycles. The minimum Gasteiger partial charge on any atom is -0.419 e. The van der Waals surface area contributed by atoms with E-state index in [1.807, 2.05) is 32.0 Å². The highest BCUT2D eigenvalue weighted by Gasteiger charge is 2.35. The van der Waals surface area contributed by atoms with E-state index < -0.39 is 15.6 Å². The van der Waals surface area contributed by atoms with Crippen LogP contribution in [0.25, 0.3) is 11.5 Å². The minimum atomic E-state index is -3.66.